The lowest BCUT2D eigenvalue weighted by molar-refractivity contribution is -0.139. The van der Waals surface area contributed by atoms with Crippen LogP contribution < -0.4 is 0 Å². The van der Waals surface area contributed by atoms with E-state index in [9.17, 15) is 17.6 Å². The van der Waals surface area contributed by atoms with E-state index in [1.807, 2.05) is 6.07 Å². The summed E-state index contributed by atoms with van der Waals surface area (Å²) in [6, 6.07) is 8.72. The minimum absolute atomic E-state index is 0.123. The Labute approximate surface area is 117 Å². The van der Waals surface area contributed by atoms with Crippen molar-refractivity contribution in [2.75, 3.05) is 0 Å². The number of benzene rings is 2. The van der Waals surface area contributed by atoms with Crippen LogP contribution in [0.4, 0.5) is 17.6 Å². The fourth-order valence-corrected chi connectivity index (χ4v) is 2.02. The van der Waals surface area contributed by atoms with E-state index < -0.39 is 17.6 Å². The highest BCUT2D eigenvalue weighted by molar-refractivity contribution is 6.31. The largest absolute Gasteiger partial charge is 0.419 e. The molecule has 1 nitrogen and oxygen atoms in total. The van der Waals surface area contributed by atoms with Gasteiger partial charge in [0.1, 0.15) is 5.82 Å². The fourth-order valence-electron chi connectivity index (χ4n) is 1.78. The molecule has 0 unspecified atom stereocenters. The molecule has 20 heavy (non-hydrogen) atoms. The van der Waals surface area contributed by atoms with Gasteiger partial charge >= 0.3 is 6.18 Å². The smallest absolute Gasteiger partial charge is 0.206 e. The topological polar surface area (TPSA) is 23.8 Å². The van der Waals surface area contributed by atoms with Crippen molar-refractivity contribution in [2.24, 2.45) is 0 Å². The number of nitrogens with zero attached hydrogens (tertiary/aromatic N) is 1. The number of hydrogen-bond acceptors (Lipinski definition) is 1. The van der Waals surface area contributed by atoms with Gasteiger partial charge in [-0.2, -0.15) is 18.4 Å². The fraction of sp³-hybridized carbons (Fsp3) is 0.0714. The van der Waals surface area contributed by atoms with Crippen molar-refractivity contribution >= 4 is 11.6 Å². The summed E-state index contributed by atoms with van der Waals surface area (Å²) in [6.45, 7) is 0. The van der Waals surface area contributed by atoms with Gasteiger partial charge < -0.3 is 0 Å². The molecule has 0 aliphatic carbocycles. The summed E-state index contributed by atoms with van der Waals surface area (Å²) in [5.74, 6) is -1.38. The molecule has 0 aliphatic rings. The second kappa shape index (κ2) is 5.14. The van der Waals surface area contributed by atoms with Crippen molar-refractivity contribution in [3.8, 4) is 17.2 Å². The molecule has 0 spiro atoms. The van der Waals surface area contributed by atoms with Crippen LogP contribution in [0.1, 0.15) is 11.1 Å². The van der Waals surface area contributed by atoms with Gasteiger partial charge in [-0.15, -0.1) is 0 Å². The van der Waals surface area contributed by atoms with Gasteiger partial charge in [0.15, 0.2) is 0 Å². The van der Waals surface area contributed by atoms with Crippen LogP contribution in [-0.2, 0) is 6.18 Å². The molecule has 0 saturated heterocycles. The minimum Gasteiger partial charge on any atom is -0.206 e. The lowest BCUT2D eigenvalue weighted by atomic mass is 10.00. The lowest BCUT2D eigenvalue weighted by Gasteiger charge is -2.11. The van der Waals surface area contributed by atoms with Crippen LogP contribution in [0, 0.1) is 17.1 Å². The molecule has 2 aromatic rings. The average Bonchev–Trinajstić information content (AvgIpc) is 2.36. The normalized spacial score (nSPS) is 11.2. The maximum Gasteiger partial charge on any atom is 0.419 e. The van der Waals surface area contributed by atoms with Gasteiger partial charge in [-0.3, -0.25) is 0 Å². The Morgan fingerprint density at radius 2 is 1.80 bits per heavy atom. The van der Waals surface area contributed by atoms with Crippen LogP contribution in [0.2, 0.25) is 5.02 Å². The third-order valence-corrected chi connectivity index (χ3v) is 2.86. The van der Waals surface area contributed by atoms with E-state index in [4.69, 9.17) is 16.9 Å². The van der Waals surface area contributed by atoms with E-state index in [1.54, 1.807) is 0 Å². The van der Waals surface area contributed by atoms with E-state index in [0.29, 0.717) is 6.07 Å². The lowest BCUT2D eigenvalue weighted by Crippen LogP contribution is -2.08. The van der Waals surface area contributed by atoms with Crippen LogP contribution in [0.25, 0.3) is 11.1 Å². The van der Waals surface area contributed by atoms with Crippen molar-refractivity contribution in [3.05, 3.63) is 58.4 Å². The van der Waals surface area contributed by atoms with Crippen LogP contribution in [0.5, 0.6) is 0 Å². The molecule has 0 bridgehead atoms. The Morgan fingerprint density at radius 3 is 2.40 bits per heavy atom. The number of nitriles is 1. The Bertz CT molecular complexity index is 701. The first-order valence-corrected chi connectivity index (χ1v) is 5.77. The van der Waals surface area contributed by atoms with Gasteiger partial charge in [0, 0.05) is 10.6 Å². The molecule has 0 amide bonds. The Hall–Kier alpha value is -2.06. The molecule has 0 radical (unpaired) electrons. The zero-order chi connectivity index (χ0) is 14.9. The summed E-state index contributed by atoms with van der Waals surface area (Å²) < 4.78 is 51.9. The second-order valence-electron chi connectivity index (χ2n) is 4.01. The van der Waals surface area contributed by atoms with Gasteiger partial charge in [0.05, 0.1) is 17.2 Å². The molecule has 0 fully saturated rings. The number of hydrogen-bond donors (Lipinski definition) is 0. The molecule has 2 aromatic carbocycles. The Kier molecular flexibility index (Phi) is 3.69. The molecule has 6 heteroatoms. The van der Waals surface area contributed by atoms with Crippen LogP contribution in [-0.4, -0.2) is 0 Å². The molecular formula is C14H6ClF4N. The van der Waals surface area contributed by atoms with Crippen molar-refractivity contribution in [1.82, 2.24) is 0 Å². The molecule has 0 heterocycles. The number of halogens is 5. The molecular weight excluding hydrogens is 294 g/mol. The zero-order valence-electron chi connectivity index (χ0n) is 9.80. The molecule has 0 aliphatic heterocycles. The van der Waals surface area contributed by atoms with Gasteiger partial charge in [-0.25, -0.2) is 4.39 Å². The van der Waals surface area contributed by atoms with Crippen molar-refractivity contribution < 1.29 is 17.6 Å². The predicted molar refractivity (Wildman–Crippen MR) is 66.6 cm³/mol. The number of rotatable bonds is 1. The maximum atomic E-state index is 14.0. The van der Waals surface area contributed by atoms with Gasteiger partial charge in [0.2, 0.25) is 0 Å². The molecule has 102 valence electrons. The third-order valence-electron chi connectivity index (χ3n) is 2.64. The summed E-state index contributed by atoms with van der Waals surface area (Å²) in [4.78, 5) is 0. The van der Waals surface area contributed by atoms with Crippen LogP contribution in [0.3, 0.4) is 0 Å². The molecule has 0 saturated carbocycles. The van der Waals surface area contributed by atoms with Gasteiger partial charge in [-0.1, -0.05) is 23.7 Å². The Balaban J connectivity index is 2.66. The third kappa shape index (κ3) is 2.75. The van der Waals surface area contributed by atoms with E-state index in [0.717, 1.165) is 6.07 Å². The van der Waals surface area contributed by atoms with Crippen LogP contribution >= 0.6 is 11.6 Å². The first-order chi connectivity index (χ1) is 9.32. The molecule has 0 N–H and O–H groups in total. The highest BCUT2D eigenvalue weighted by Gasteiger charge is 2.34. The van der Waals surface area contributed by atoms with E-state index in [2.05, 4.69) is 0 Å². The van der Waals surface area contributed by atoms with E-state index in [-0.39, 0.29) is 21.7 Å². The first-order valence-electron chi connectivity index (χ1n) is 5.39. The first kappa shape index (κ1) is 14.4. The van der Waals surface area contributed by atoms with Gasteiger partial charge in [0.25, 0.3) is 0 Å². The molecule has 2 rings (SSSR count). The summed E-state index contributed by atoms with van der Waals surface area (Å²) in [5.41, 5.74) is -1.34. The maximum absolute atomic E-state index is 14.0. The van der Waals surface area contributed by atoms with Crippen molar-refractivity contribution in [1.29, 1.82) is 5.26 Å². The predicted octanol–water partition coefficient (Wildman–Crippen LogP) is 5.04. The summed E-state index contributed by atoms with van der Waals surface area (Å²) in [7, 11) is 0. The van der Waals surface area contributed by atoms with Crippen molar-refractivity contribution in [2.45, 2.75) is 6.18 Å². The average molecular weight is 300 g/mol. The highest BCUT2D eigenvalue weighted by Crippen LogP contribution is 2.36. The van der Waals surface area contributed by atoms with Crippen molar-refractivity contribution in [3.63, 3.8) is 0 Å². The molecule has 0 aromatic heterocycles. The standard InChI is InChI=1S/C14H6ClF4N/c15-10-5-8(7-20)4-9(6-10)11-2-1-3-12(13(11)16)14(17,18)19/h1-6H. The minimum atomic E-state index is -4.78. The zero-order valence-corrected chi connectivity index (χ0v) is 10.6. The second-order valence-corrected chi connectivity index (χ2v) is 4.44. The van der Waals surface area contributed by atoms with Gasteiger partial charge in [-0.05, 0) is 29.8 Å². The summed E-state index contributed by atoms with van der Waals surface area (Å²) in [6.07, 6.45) is -4.78. The molecule has 0 atom stereocenters. The Morgan fingerprint density at radius 1 is 1.10 bits per heavy atom. The quantitative estimate of drug-likeness (QED) is 0.677. The monoisotopic (exact) mass is 299 g/mol. The SMILES string of the molecule is N#Cc1cc(Cl)cc(-c2cccc(C(F)(F)F)c2F)c1. The number of alkyl halides is 3. The van der Waals surface area contributed by atoms with E-state index >= 15 is 0 Å². The summed E-state index contributed by atoms with van der Waals surface area (Å²) >= 11 is 5.76. The van der Waals surface area contributed by atoms with Crippen LogP contribution in [0.15, 0.2) is 36.4 Å². The summed E-state index contributed by atoms with van der Waals surface area (Å²) in [5, 5.41) is 8.95. The highest BCUT2D eigenvalue weighted by atomic mass is 35.5. The van der Waals surface area contributed by atoms with E-state index in [1.165, 1.54) is 24.3 Å².